The Kier molecular flexibility index (Phi) is 47.2. The molecular weight excluding hydrogens is 1390 g/mol. The number of aliphatic imine (C=N–C) groups is 2. The third-order valence-electron chi connectivity index (χ3n) is 12.2. The van der Waals surface area contributed by atoms with Crippen molar-refractivity contribution in [1.29, 1.82) is 10.5 Å². The Hall–Kier alpha value is -10.7. The van der Waals surface area contributed by atoms with E-state index in [1.807, 2.05) is 49.5 Å². The predicted octanol–water partition coefficient (Wildman–Crippen LogP) is -5.59. The van der Waals surface area contributed by atoms with E-state index in [-0.39, 0.29) is 96.6 Å². The van der Waals surface area contributed by atoms with Crippen LogP contribution < -0.4 is 63.7 Å². The van der Waals surface area contributed by atoms with Gasteiger partial charge in [-0.05, 0) is 74.5 Å². The van der Waals surface area contributed by atoms with Gasteiger partial charge in [-0.15, -0.1) is 87.6 Å². The molecule has 7 heterocycles. The molecule has 0 bridgehead atoms. The Morgan fingerprint density at radius 3 is 1.34 bits per heavy atom. The van der Waals surface area contributed by atoms with Crippen LogP contribution in [0, 0.1) is 29.8 Å². The standard InChI is InChI=1S/C15H14N4.C13H21N5O4.C9H12N5O3.C8H11N3O4.C7H10N4O4.C7H11N3O4S.CH4/c16-12-19-15(14-7-4-9-17-11-14)18-10-8-13-5-2-1-3-6-13;1-16-5-7-17(8-6-16)12-3-2-11(10-15-12)13(19)14-4-9-22-18(20)21;10-7-13-9(8-2-1-3-11-6-8)12-4-5-17-14(15)16;12-8(7-2-1-3-9-6-7)10-4-5-15-11(13)14;12-7(6-5-8-1-2-9-6)10-3-4-15-11(13)14;1-5-9-6(4-15-5)7(11)8-2-3-14-10(12)13;/h1-7,9,11H,8,10H2,(H,18,19);2-3,10,18,20-21H,4-9H2,1H3;1-3,6,14-16H,4-5H2,(H,12,13);1-3,6,11,13-14H,4-5H2;1-2,5,11,13-14H,3-4H2;4,10,12-13H,2-3H2,1H3;1H4/q;;+1;;;;/p+4. The van der Waals surface area contributed by atoms with Gasteiger partial charge in [0.2, 0.25) is 0 Å². The number of thiazole rings is 1. The second-order valence-electron chi connectivity index (χ2n) is 19.6. The van der Waals surface area contributed by atoms with Crippen molar-refractivity contribution in [3.63, 3.8) is 0 Å². The number of rotatable bonds is 30. The fourth-order valence-electron chi connectivity index (χ4n) is 7.49. The summed E-state index contributed by atoms with van der Waals surface area (Å²) in [6.07, 6.45) is 19.8. The monoisotopic (exact) mass is 1480 g/mol. The van der Waals surface area contributed by atoms with E-state index in [4.69, 9.17) is 62.6 Å². The number of hydrogen-bond acceptors (Lipinski definition) is 33. The Bertz CT molecular complexity index is 3530. The molecule has 1 fully saturated rings. The number of carbonyl (C=O) groups is 4. The number of hydrogen-bond donors (Lipinski definition) is 21. The van der Waals surface area contributed by atoms with Gasteiger partial charge in [0, 0.05) is 131 Å². The molecule has 1 aliphatic rings. The van der Waals surface area contributed by atoms with Gasteiger partial charge in [0.25, 0.3) is 23.6 Å². The highest BCUT2D eigenvalue weighted by molar-refractivity contribution is 7.09. The van der Waals surface area contributed by atoms with Crippen LogP contribution in [0.3, 0.4) is 0 Å². The van der Waals surface area contributed by atoms with Crippen LogP contribution in [0.1, 0.15) is 70.8 Å². The van der Waals surface area contributed by atoms with Crippen molar-refractivity contribution in [2.45, 2.75) is 20.8 Å². The minimum Gasteiger partial charge on any atom is -0.354 e. The third kappa shape index (κ3) is 41.9. The molecule has 0 spiro atoms. The molecule has 8 rings (SSSR count). The fourth-order valence-corrected chi connectivity index (χ4v) is 8.08. The Balaban J connectivity index is 0.000000426. The number of quaternary nitrogens is 5. The number of piperazine rings is 1. The molecule has 0 atom stereocenters. The summed E-state index contributed by atoms with van der Waals surface area (Å²) >= 11 is 1.39. The van der Waals surface area contributed by atoms with E-state index in [1.54, 1.807) is 79.1 Å². The van der Waals surface area contributed by atoms with Crippen LogP contribution in [-0.4, -0.2) is 233 Å². The van der Waals surface area contributed by atoms with Crippen LogP contribution in [0.25, 0.3) is 0 Å². The van der Waals surface area contributed by atoms with E-state index in [1.165, 1.54) is 41.7 Å². The molecule has 7 aromatic rings. The number of carbonyl (C=O) groups excluding carboxylic acids is 4. The van der Waals surface area contributed by atoms with E-state index < -0.39 is 32.9 Å². The van der Waals surface area contributed by atoms with Gasteiger partial charge in [0.15, 0.2) is 12.4 Å². The molecule has 4 amide bonds. The molecule has 0 radical (unpaired) electrons. The molecule has 0 unspecified atom stereocenters. The first-order valence-electron chi connectivity index (χ1n) is 30.4. The summed E-state index contributed by atoms with van der Waals surface area (Å²) in [4.78, 5) is 108. The van der Waals surface area contributed by atoms with E-state index in [0.29, 0.717) is 40.6 Å². The molecule has 21 N–H and O–H groups in total. The van der Waals surface area contributed by atoms with Crippen molar-refractivity contribution in [2.75, 3.05) is 110 Å². The lowest BCUT2D eigenvalue weighted by molar-refractivity contribution is -1.37. The maximum atomic E-state index is 11.9. The van der Waals surface area contributed by atoms with Gasteiger partial charge in [-0.25, -0.2) is 15.0 Å². The maximum Gasteiger partial charge on any atom is 0.271 e. The smallest absolute Gasteiger partial charge is 0.271 e. The first-order valence-corrected chi connectivity index (χ1v) is 31.3. The van der Waals surface area contributed by atoms with Gasteiger partial charge in [-0.2, -0.15) is 10.5 Å². The van der Waals surface area contributed by atoms with Gasteiger partial charge in [0.05, 0.1) is 55.8 Å². The quantitative estimate of drug-likeness (QED) is 0.00498. The minimum absolute atomic E-state index is 0. The highest BCUT2D eigenvalue weighted by Crippen LogP contribution is 2.14. The zero-order chi connectivity index (χ0) is 75.2. The third-order valence-corrected chi connectivity index (χ3v) is 13.0. The first-order chi connectivity index (χ1) is 49.7. The van der Waals surface area contributed by atoms with Gasteiger partial charge >= 0.3 is 0 Å². The van der Waals surface area contributed by atoms with Crippen LogP contribution in [0.15, 0.2) is 156 Å². The molecule has 43 nitrogen and oxygen atoms in total. The molecule has 1 aromatic carbocycles. The van der Waals surface area contributed by atoms with E-state index in [0.717, 1.165) is 49.0 Å². The Morgan fingerprint density at radius 2 is 0.933 bits per heavy atom. The number of benzene rings is 1. The molecule has 0 aliphatic carbocycles. The normalized spacial score (nSPS) is 11.7. The Labute approximate surface area is 598 Å². The number of aryl methyl sites for hydroxylation is 1. The summed E-state index contributed by atoms with van der Waals surface area (Å²) in [6.45, 7) is 7.07. The summed E-state index contributed by atoms with van der Waals surface area (Å²) in [7, 11) is 2.09. The number of likely N-dealkylation sites (N-methyl/N-ethyl adjacent to an activating group) is 1. The van der Waals surface area contributed by atoms with E-state index in [9.17, 15) is 19.2 Å². The number of anilines is 1. The lowest BCUT2D eigenvalue weighted by Crippen LogP contribution is -3.06. The van der Waals surface area contributed by atoms with Gasteiger partial charge < -0.3 is 31.1 Å². The van der Waals surface area contributed by atoms with Crippen LogP contribution in [0.2, 0.25) is 0 Å². The number of amidine groups is 2. The van der Waals surface area contributed by atoms with Crippen LogP contribution in [0.4, 0.5) is 5.82 Å². The van der Waals surface area contributed by atoms with Crippen molar-refractivity contribution in [2.24, 2.45) is 9.98 Å². The number of pyridine rings is 4. The Morgan fingerprint density at radius 1 is 0.500 bits per heavy atom. The van der Waals surface area contributed by atoms with Gasteiger partial charge in [-0.1, -0.05) is 37.8 Å². The summed E-state index contributed by atoms with van der Waals surface area (Å²) in [5.74, 6) is 0.507. The molecule has 104 heavy (non-hydrogen) atoms. The molecular formula is C60H87N24O19S+5. The second kappa shape index (κ2) is 55.0. The van der Waals surface area contributed by atoms with Crippen LogP contribution in [-0.2, 0) is 30.6 Å². The minimum atomic E-state index is -1.12. The summed E-state index contributed by atoms with van der Waals surface area (Å²) in [5.41, 5.74) is 4.14. The number of nitriles is 2. The van der Waals surface area contributed by atoms with Crippen molar-refractivity contribution >= 4 is 52.5 Å². The van der Waals surface area contributed by atoms with Crippen molar-refractivity contribution in [1.82, 2.24) is 71.7 Å². The molecule has 0 saturated carbocycles. The predicted molar refractivity (Wildman–Crippen MR) is 354 cm³/mol. The van der Waals surface area contributed by atoms with Crippen molar-refractivity contribution < 1.29 is 122 Å². The molecule has 562 valence electrons. The molecule has 44 heteroatoms. The summed E-state index contributed by atoms with van der Waals surface area (Å²) in [6, 6.07) is 24.1. The molecule has 1 aliphatic heterocycles. The van der Waals surface area contributed by atoms with Crippen molar-refractivity contribution in [3.05, 3.63) is 190 Å². The van der Waals surface area contributed by atoms with Gasteiger partial charge in [-0.3, -0.25) is 59.7 Å². The summed E-state index contributed by atoms with van der Waals surface area (Å²) < 4.78 is 0. The number of nitrogens with zero attached hydrogens (tertiary/aromatic N) is 13. The highest BCUT2D eigenvalue weighted by Gasteiger charge is 2.17. The number of nitrogens with one attached hydrogen (secondary N) is 11. The SMILES string of the molecule is C.CN1CCN(c2ccc(C(=O)NCCO[NH+](O)O)cn2)CC1.Cc1nc(C(=O)NCCO[NH+](O)O)cs1.N#CNC(=NCCO[NH+](O)O)c1cccnc1.N#CNC(=NCCc1ccccc1)c1cccnc1.O=C(NCCO[NH+](O)O)c1cccnc1.O=C(NCCO[NH+](O)O)c1cnccn1. The second-order valence-corrected chi connectivity index (χ2v) is 20.7. The van der Waals surface area contributed by atoms with E-state index >= 15 is 0 Å². The zero-order valence-corrected chi connectivity index (χ0v) is 56.4. The average Bonchev–Trinajstić information content (AvgIpc) is 1.20. The van der Waals surface area contributed by atoms with Crippen LogP contribution >= 0.6 is 11.3 Å². The lowest BCUT2D eigenvalue weighted by Gasteiger charge is -2.33. The zero-order valence-electron chi connectivity index (χ0n) is 55.5. The van der Waals surface area contributed by atoms with Crippen molar-refractivity contribution in [3.8, 4) is 12.4 Å². The molecule has 6 aromatic heterocycles. The van der Waals surface area contributed by atoms with Crippen LogP contribution in [0.5, 0.6) is 0 Å². The maximum absolute atomic E-state index is 11.9. The number of amides is 4. The van der Waals surface area contributed by atoms with E-state index in [2.05, 4.69) is 130 Å². The summed E-state index contributed by atoms with van der Waals surface area (Å²) in [5, 5.41) is 112. The fraction of sp³-hybridized carbons (Fsp3) is 0.317. The molecule has 1 saturated heterocycles. The average molecular weight is 1480 g/mol. The lowest BCUT2D eigenvalue weighted by atomic mass is 10.1. The highest BCUT2D eigenvalue weighted by atomic mass is 32.1. The van der Waals surface area contributed by atoms with Gasteiger partial charge in [0.1, 0.15) is 61.9 Å². The first kappa shape index (κ1) is 89.4. The number of aromatic nitrogens is 7. The topological polar surface area (TPSA) is 580 Å². The largest absolute Gasteiger partial charge is 0.354 e.